The summed E-state index contributed by atoms with van der Waals surface area (Å²) in [6.45, 7) is 0.499. The molecule has 0 amide bonds. The summed E-state index contributed by atoms with van der Waals surface area (Å²) in [6.07, 6.45) is -2.64. The van der Waals surface area contributed by atoms with Gasteiger partial charge in [0.2, 0.25) is 0 Å². The molecule has 2 rings (SSSR count). The van der Waals surface area contributed by atoms with Crippen LogP contribution in [0.15, 0.2) is 24.3 Å². The SMILES string of the molecule is Fc1cccc(CNC2CCC(C(F)(F)F)CC2)c1. The van der Waals surface area contributed by atoms with E-state index < -0.39 is 12.1 Å². The van der Waals surface area contributed by atoms with Crippen LogP contribution >= 0.6 is 0 Å². The predicted octanol–water partition coefficient (Wildman–Crippen LogP) is 4.04. The summed E-state index contributed by atoms with van der Waals surface area (Å²) in [5.41, 5.74) is 0.818. The van der Waals surface area contributed by atoms with Gasteiger partial charge in [-0.3, -0.25) is 0 Å². The van der Waals surface area contributed by atoms with Crippen molar-refractivity contribution >= 4 is 0 Å². The van der Waals surface area contributed by atoms with Crippen molar-refractivity contribution in [2.24, 2.45) is 5.92 Å². The van der Waals surface area contributed by atoms with Crippen molar-refractivity contribution in [3.05, 3.63) is 35.6 Å². The Labute approximate surface area is 110 Å². The zero-order chi connectivity index (χ0) is 13.9. The molecule has 1 aliphatic carbocycles. The fraction of sp³-hybridized carbons (Fsp3) is 0.571. The number of rotatable bonds is 3. The Morgan fingerprint density at radius 3 is 2.37 bits per heavy atom. The highest BCUT2D eigenvalue weighted by Crippen LogP contribution is 2.37. The fourth-order valence-electron chi connectivity index (χ4n) is 2.53. The number of hydrogen-bond donors (Lipinski definition) is 1. The molecule has 1 aromatic carbocycles. The predicted molar refractivity (Wildman–Crippen MR) is 65.0 cm³/mol. The van der Waals surface area contributed by atoms with E-state index in [-0.39, 0.29) is 24.7 Å². The van der Waals surface area contributed by atoms with E-state index in [4.69, 9.17) is 0 Å². The molecule has 1 N–H and O–H groups in total. The average molecular weight is 275 g/mol. The quantitative estimate of drug-likeness (QED) is 0.821. The maximum atomic E-state index is 13.0. The van der Waals surface area contributed by atoms with Crippen molar-refractivity contribution in [2.45, 2.75) is 44.4 Å². The molecule has 0 heterocycles. The average Bonchev–Trinajstić information content (AvgIpc) is 2.36. The molecule has 0 bridgehead atoms. The van der Waals surface area contributed by atoms with E-state index in [0.29, 0.717) is 19.4 Å². The molecule has 1 fully saturated rings. The van der Waals surface area contributed by atoms with Gasteiger partial charge < -0.3 is 5.32 Å². The second kappa shape index (κ2) is 5.90. The molecule has 0 aromatic heterocycles. The Hall–Kier alpha value is -1.10. The van der Waals surface area contributed by atoms with Gasteiger partial charge in [-0.25, -0.2) is 4.39 Å². The minimum absolute atomic E-state index is 0.0990. The van der Waals surface area contributed by atoms with E-state index in [1.807, 2.05) is 0 Å². The summed E-state index contributed by atoms with van der Waals surface area (Å²) in [7, 11) is 0. The summed E-state index contributed by atoms with van der Waals surface area (Å²) in [4.78, 5) is 0. The highest BCUT2D eigenvalue weighted by Gasteiger charge is 2.41. The van der Waals surface area contributed by atoms with Gasteiger partial charge in [-0.1, -0.05) is 12.1 Å². The molecule has 1 aromatic rings. The second-order valence-electron chi connectivity index (χ2n) is 5.10. The van der Waals surface area contributed by atoms with Gasteiger partial charge in [0.25, 0.3) is 0 Å². The van der Waals surface area contributed by atoms with Gasteiger partial charge >= 0.3 is 6.18 Å². The minimum atomic E-state index is -4.06. The van der Waals surface area contributed by atoms with Crippen LogP contribution < -0.4 is 5.32 Å². The van der Waals surface area contributed by atoms with E-state index in [2.05, 4.69) is 5.32 Å². The van der Waals surface area contributed by atoms with E-state index in [9.17, 15) is 17.6 Å². The minimum Gasteiger partial charge on any atom is -0.310 e. The summed E-state index contributed by atoms with van der Waals surface area (Å²) in [5, 5.41) is 3.20. The molecule has 1 nitrogen and oxygen atoms in total. The van der Waals surface area contributed by atoms with Gasteiger partial charge in [0.1, 0.15) is 5.82 Å². The Balaban J connectivity index is 1.77. The first kappa shape index (κ1) is 14.3. The molecule has 5 heteroatoms. The molecule has 0 unspecified atom stereocenters. The molecular formula is C14H17F4N. The molecule has 1 saturated carbocycles. The third-order valence-electron chi connectivity index (χ3n) is 3.67. The third-order valence-corrected chi connectivity index (χ3v) is 3.67. The summed E-state index contributed by atoms with van der Waals surface area (Å²) < 4.78 is 50.5. The lowest BCUT2D eigenvalue weighted by Crippen LogP contribution is -2.36. The summed E-state index contributed by atoms with van der Waals surface area (Å²) in [6, 6.07) is 6.35. The molecule has 0 radical (unpaired) electrons. The van der Waals surface area contributed by atoms with E-state index >= 15 is 0 Å². The van der Waals surface area contributed by atoms with Crippen LogP contribution in [0.25, 0.3) is 0 Å². The molecule has 0 atom stereocenters. The van der Waals surface area contributed by atoms with Crippen molar-refractivity contribution in [1.29, 1.82) is 0 Å². The van der Waals surface area contributed by atoms with Crippen LogP contribution in [0.4, 0.5) is 17.6 Å². The molecule has 0 spiro atoms. The lowest BCUT2D eigenvalue weighted by Gasteiger charge is -2.30. The molecule has 106 valence electrons. The van der Waals surface area contributed by atoms with Gasteiger partial charge in [0.15, 0.2) is 0 Å². The van der Waals surface area contributed by atoms with Gasteiger partial charge in [0.05, 0.1) is 5.92 Å². The topological polar surface area (TPSA) is 12.0 Å². The van der Waals surface area contributed by atoms with Crippen molar-refractivity contribution in [3.8, 4) is 0 Å². The van der Waals surface area contributed by atoms with Gasteiger partial charge in [-0.2, -0.15) is 13.2 Å². The van der Waals surface area contributed by atoms with Gasteiger partial charge in [-0.15, -0.1) is 0 Å². The van der Waals surface area contributed by atoms with Crippen LogP contribution in [0.3, 0.4) is 0 Å². The molecule has 0 aliphatic heterocycles. The Kier molecular flexibility index (Phi) is 4.45. The summed E-state index contributed by atoms with van der Waals surface area (Å²) >= 11 is 0. The van der Waals surface area contributed by atoms with Crippen LogP contribution in [0, 0.1) is 11.7 Å². The first-order valence-electron chi connectivity index (χ1n) is 6.49. The lowest BCUT2D eigenvalue weighted by atomic mass is 9.85. The van der Waals surface area contributed by atoms with Crippen LogP contribution in [-0.2, 0) is 6.54 Å². The Morgan fingerprint density at radius 2 is 1.79 bits per heavy atom. The van der Waals surface area contributed by atoms with Crippen LogP contribution in [-0.4, -0.2) is 12.2 Å². The number of alkyl halides is 3. The third kappa shape index (κ3) is 4.20. The smallest absolute Gasteiger partial charge is 0.310 e. The van der Waals surface area contributed by atoms with E-state index in [1.54, 1.807) is 12.1 Å². The van der Waals surface area contributed by atoms with Crippen LogP contribution in [0.5, 0.6) is 0 Å². The van der Waals surface area contributed by atoms with Crippen molar-refractivity contribution in [3.63, 3.8) is 0 Å². The monoisotopic (exact) mass is 275 g/mol. The summed E-state index contributed by atoms with van der Waals surface area (Å²) in [5.74, 6) is -1.44. The molecule has 1 aliphatic rings. The number of nitrogens with one attached hydrogen (secondary N) is 1. The van der Waals surface area contributed by atoms with Gasteiger partial charge in [0, 0.05) is 12.6 Å². The highest BCUT2D eigenvalue weighted by atomic mass is 19.4. The van der Waals surface area contributed by atoms with E-state index in [1.165, 1.54) is 12.1 Å². The number of halogens is 4. The number of hydrogen-bond acceptors (Lipinski definition) is 1. The molecular weight excluding hydrogens is 258 g/mol. The fourth-order valence-corrected chi connectivity index (χ4v) is 2.53. The standard InChI is InChI=1S/C14H17F4N/c15-12-3-1-2-10(8-12)9-19-13-6-4-11(5-7-13)14(16,17)18/h1-3,8,11,13,19H,4-7,9H2. The van der Waals surface area contributed by atoms with Gasteiger partial charge in [-0.05, 0) is 43.4 Å². The first-order valence-corrected chi connectivity index (χ1v) is 6.49. The van der Waals surface area contributed by atoms with Crippen molar-refractivity contribution in [2.75, 3.05) is 0 Å². The largest absolute Gasteiger partial charge is 0.391 e. The zero-order valence-electron chi connectivity index (χ0n) is 10.5. The molecule has 19 heavy (non-hydrogen) atoms. The van der Waals surface area contributed by atoms with E-state index in [0.717, 1.165) is 5.56 Å². The zero-order valence-corrected chi connectivity index (χ0v) is 10.5. The highest BCUT2D eigenvalue weighted by molar-refractivity contribution is 5.16. The maximum absolute atomic E-state index is 13.0. The lowest BCUT2D eigenvalue weighted by molar-refractivity contribution is -0.182. The van der Waals surface area contributed by atoms with Crippen molar-refractivity contribution in [1.82, 2.24) is 5.32 Å². The Bertz CT molecular complexity index is 408. The number of benzene rings is 1. The normalized spacial score (nSPS) is 24.4. The molecule has 0 saturated heterocycles. The van der Waals surface area contributed by atoms with Crippen LogP contribution in [0.2, 0.25) is 0 Å². The Morgan fingerprint density at radius 1 is 1.11 bits per heavy atom. The van der Waals surface area contributed by atoms with Crippen LogP contribution in [0.1, 0.15) is 31.2 Å². The maximum Gasteiger partial charge on any atom is 0.391 e. The van der Waals surface area contributed by atoms with Crippen molar-refractivity contribution < 1.29 is 17.6 Å². The first-order chi connectivity index (χ1) is 8.95. The second-order valence-corrected chi connectivity index (χ2v) is 5.10.